The van der Waals surface area contributed by atoms with Gasteiger partial charge in [-0.15, -0.1) is 11.3 Å². The molecule has 11 heavy (non-hydrogen) atoms. The van der Waals surface area contributed by atoms with E-state index in [0.717, 1.165) is 4.88 Å². The van der Waals surface area contributed by atoms with Gasteiger partial charge in [0.05, 0.1) is 6.10 Å². The quantitative estimate of drug-likeness (QED) is 0.689. The average Bonchev–Trinajstić information content (AvgIpc) is 2.32. The predicted molar refractivity (Wildman–Crippen MR) is 45.0 cm³/mol. The molecule has 1 unspecified atom stereocenters. The summed E-state index contributed by atoms with van der Waals surface area (Å²) in [6.07, 6.45) is -0.533. The average molecular weight is 170 g/mol. The maximum atomic E-state index is 10.9. The second-order valence-corrected chi connectivity index (χ2v) is 3.38. The minimum atomic E-state index is -0.533. The lowest BCUT2D eigenvalue weighted by molar-refractivity contribution is 0.101. The molecule has 0 aliphatic rings. The predicted octanol–water partition coefficient (Wildman–Crippen LogP) is 2.00. The topological polar surface area (TPSA) is 37.3 Å². The fourth-order valence-electron chi connectivity index (χ4n) is 0.935. The molecule has 3 heteroatoms. The third-order valence-electron chi connectivity index (χ3n) is 1.45. The first-order chi connectivity index (χ1) is 5.13. The van der Waals surface area contributed by atoms with E-state index in [1.54, 1.807) is 13.0 Å². The highest BCUT2D eigenvalue weighted by Crippen LogP contribution is 2.24. The third-order valence-corrected chi connectivity index (χ3v) is 2.54. The van der Waals surface area contributed by atoms with E-state index in [2.05, 4.69) is 0 Å². The van der Waals surface area contributed by atoms with Gasteiger partial charge in [-0.2, -0.15) is 0 Å². The first-order valence-electron chi connectivity index (χ1n) is 3.39. The third kappa shape index (κ3) is 1.67. The number of aliphatic hydroxyl groups excluding tert-OH is 1. The van der Waals surface area contributed by atoms with Gasteiger partial charge in [0.15, 0.2) is 5.78 Å². The van der Waals surface area contributed by atoms with Crippen molar-refractivity contribution in [3.8, 4) is 0 Å². The summed E-state index contributed by atoms with van der Waals surface area (Å²) in [5.41, 5.74) is 0.644. The standard InChI is InChI=1S/C8H10O2S/c1-5(9)7-3-4-11-8(7)6(2)10/h3-4,6,10H,1-2H3. The van der Waals surface area contributed by atoms with Gasteiger partial charge in [-0.25, -0.2) is 0 Å². The van der Waals surface area contributed by atoms with Crippen LogP contribution < -0.4 is 0 Å². The minimum Gasteiger partial charge on any atom is -0.388 e. The van der Waals surface area contributed by atoms with E-state index >= 15 is 0 Å². The molecule has 0 spiro atoms. The number of ketones is 1. The molecule has 1 N–H and O–H groups in total. The fraction of sp³-hybridized carbons (Fsp3) is 0.375. The zero-order valence-electron chi connectivity index (χ0n) is 6.50. The number of rotatable bonds is 2. The SMILES string of the molecule is CC(=O)c1ccsc1C(C)O. The maximum absolute atomic E-state index is 10.9. The summed E-state index contributed by atoms with van der Waals surface area (Å²) < 4.78 is 0. The van der Waals surface area contributed by atoms with Crippen LogP contribution >= 0.6 is 11.3 Å². The van der Waals surface area contributed by atoms with Gasteiger partial charge >= 0.3 is 0 Å². The van der Waals surface area contributed by atoms with Crippen molar-refractivity contribution in [2.75, 3.05) is 0 Å². The molecule has 0 aliphatic carbocycles. The van der Waals surface area contributed by atoms with Gasteiger partial charge in [0, 0.05) is 10.4 Å². The number of carbonyl (C=O) groups is 1. The molecule has 0 saturated carbocycles. The Hall–Kier alpha value is -0.670. The van der Waals surface area contributed by atoms with Crippen LogP contribution in [-0.4, -0.2) is 10.9 Å². The number of hydrogen-bond acceptors (Lipinski definition) is 3. The molecule has 0 bridgehead atoms. The van der Waals surface area contributed by atoms with Crippen molar-refractivity contribution in [3.63, 3.8) is 0 Å². The summed E-state index contributed by atoms with van der Waals surface area (Å²) in [6.45, 7) is 3.17. The Morgan fingerprint density at radius 1 is 1.73 bits per heavy atom. The normalized spacial score (nSPS) is 13.0. The maximum Gasteiger partial charge on any atom is 0.161 e. The highest BCUT2D eigenvalue weighted by atomic mass is 32.1. The first kappa shape index (κ1) is 8.43. The second-order valence-electron chi connectivity index (χ2n) is 2.43. The van der Waals surface area contributed by atoms with E-state index in [-0.39, 0.29) is 5.78 Å². The van der Waals surface area contributed by atoms with Crippen molar-refractivity contribution in [3.05, 3.63) is 21.9 Å². The van der Waals surface area contributed by atoms with Gasteiger partial charge in [0.25, 0.3) is 0 Å². The van der Waals surface area contributed by atoms with E-state index in [9.17, 15) is 9.90 Å². The summed E-state index contributed by atoms with van der Waals surface area (Å²) in [7, 11) is 0. The summed E-state index contributed by atoms with van der Waals surface area (Å²) in [5, 5.41) is 11.0. The number of thiophene rings is 1. The van der Waals surface area contributed by atoms with Gasteiger partial charge in [-0.1, -0.05) is 0 Å². The molecule has 2 nitrogen and oxygen atoms in total. The summed E-state index contributed by atoms with van der Waals surface area (Å²) in [6, 6.07) is 1.75. The molecule has 1 rings (SSSR count). The molecule has 0 amide bonds. The van der Waals surface area contributed by atoms with Crippen LogP contribution in [0.5, 0.6) is 0 Å². The van der Waals surface area contributed by atoms with E-state index in [1.807, 2.05) is 5.38 Å². The van der Waals surface area contributed by atoms with E-state index < -0.39 is 6.10 Å². The first-order valence-corrected chi connectivity index (χ1v) is 4.27. The highest BCUT2D eigenvalue weighted by Gasteiger charge is 2.11. The van der Waals surface area contributed by atoms with E-state index in [0.29, 0.717) is 5.56 Å². The van der Waals surface area contributed by atoms with Gasteiger partial charge in [-0.3, -0.25) is 4.79 Å². The summed E-state index contributed by atoms with van der Waals surface area (Å²) in [5.74, 6) is 0.0159. The molecule has 0 fully saturated rings. The molecular formula is C8H10O2S. The second kappa shape index (κ2) is 3.15. The van der Waals surface area contributed by atoms with Gasteiger partial charge in [0.2, 0.25) is 0 Å². The summed E-state index contributed by atoms with van der Waals surface area (Å²) >= 11 is 1.42. The monoisotopic (exact) mass is 170 g/mol. The van der Waals surface area contributed by atoms with Crippen LogP contribution in [0.15, 0.2) is 11.4 Å². The number of aliphatic hydroxyl groups is 1. The van der Waals surface area contributed by atoms with Crippen LogP contribution in [0.2, 0.25) is 0 Å². The van der Waals surface area contributed by atoms with Crippen molar-refractivity contribution >= 4 is 17.1 Å². The zero-order chi connectivity index (χ0) is 8.43. The van der Waals surface area contributed by atoms with Crippen LogP contribution in [0, 0.1) is 0 Å². The van der Waals surface area contributed by atoms with Crippen molar-refractivity contribution in [1.29, 1.82) is 0 Å². The fourth-order valence-corrected chi connectivity index (χ4v) is 1.82. The Morgan fingerprint density at radius 2 is 2.36 bits per heavy atom. The van der Waals surface area contributed by atoms with E-state index in [4.69, 9.17) is 0 Å². The largest absolute Gasteiger partial charge is 0.388 e. The molecule has 0 radical (unpaired) electrons. The van der Waals surface area contributed by atoms with Crippen molar-refractivity contribution < 1.29 is 9.90 Å². The molecule has 1 atom stereocenters. The van der Waals surface area contributed by atoms with E-state index in [1.165, 1.54) is 18.3 Å². The van der Waals surface area contributed by atoms with Crippen LogP contribution in [0.25, 0.3) is 0 Å². The number of Topliss-reactive ketones (excluding diaryl/α,β-unsaturated/α-hetero) is 1. The van der Waals surface area contributed by atoms with Crippen molar-refractivity contribution in [2.24, 2.45) is 0 Å². The Morgan fingerprint density at radius 3 is 2.73 bits per heavy atom. The molecule has 60 valence electrons. The lowest BCUT2D eigenvalue weighted by Crippen LogP contribution is -1.97. The van der Waals surface area contributed by atoms with Gasteiger partial charge < -0.3 is 5.11 Å². The van der Waals surface area contributed by atoms with Crippen LogP contribution in [0.1, 0.15) is 35.2 Å². The van der Waals surface area contributed by atoms with Crippen LogP contribution in [-0.2, 0) is 0 Å². The molecule has 0 saturated heterocycles. The van der Waals surface area contributed by atoms with Crippen LogP contribution in [0.3, 0.4) is 0 Å². The molecule has 1 heterocycles. The van der Waals surface area contributed by atoms with Crippen LogP contribution in [0.4, 0.5) is 0 Å². The van der Waals surface area contributed by atoms with Gasteiger partial charge in [0.1, 0.15) is 0 Å². The Kier molecular flexibility index (Phi) is 2.42. The molecule has 1 aromatic rings. The summed E-state index contributed by atoms with van der Waals surface area (Å²) in [4.78, 5) is 11.7. The van der Waals surface area contributed by atoms with Crippen molar-refractivity contribution in [2.45, 2.75) is 20.0 Å². The highest BCUT2D eigenvalue weighted by molar-refractivity contribution is 7.10. The lowest BCUT2D eigenvalue weighted by Gasteiger charge is -2.01. The Labute approximate surface area is 69.5 Å². The molecule has 1 aromatic heterocycles. The minimum absolute atomic E-state index is 0.0159. The Bertz CT molecular complexity index is 263. The Balaban J connectivity index is 3.06. The number of carbonyl (C=O) groups excluding carboxylic acids is 1. The number of hydrogen-bond donors (Lipinski definition) is 1. The van der Waals surface area contributed by atoms with Gasteiger partial charge in [-0.05, 0) is 25.3 Å². The molecule has 0 aliphatic heterocycles. The van der Waals surface area contributed by atoms with Crippen molar-refractivity contribution in [1.82, 2.24) is 0 Å². The molecule has 0 aromatic carbocycles. The zero-order valence-corrected chi connectivity index (χ0v) is 7.31. The smallest absolute Gasteiger partial charge is 0.161 e. The molecular weight excluding hydrogens is 160 g/mol. The lowest BCUT2D eigenvalue weighted by atomic mass is 10.1.